The Kier molecular flexibility index (Phi) is 6.06. The molecule has 0 aromatic heterocycles. The van der Waals surface area contributed by atoms with Crippen LogP contribution >= 0.6 is 0 Å². The molecule has 0 amide bonds. The molecule has 2 heteroatoms. The summed E-state index contributed by atoms with van der Waals surface area (Å²) >= 11 is 0. The zero-order valence-electron chi connectivity index (χ0n) is 13.3. The summed E-state index contributed by atoms with van der Waals surface area (Å²) in [6.07, 6.45) is 2.74. The van der Waals surface area contributed by atoms with Crippen molar-refractivity contribution in [1.82, 2.24) is 10.2 Å². The molecule has 0 bridgehead atoms. The van der Waals surface area contributed by atoms with E-state index in [1.165, 1.54) is 38.0 Å². The fraction of sp³-hybridized carbons (Fsp3) is 0.667. The Morgan fingerprint density at radius 1 is 1.25 bits per heavy atom. The van der Waals surface area contributed by atoms with Crippen molar-refractivity contribution in [2.24, 2.45) is 11.8 Å². The summed E-state index contributed by atoms with van der Waals surface area (Å²) in [6.45, 7) is 9.45. The number of rotatable bonds is 6. The van der Waals surface area contributed by atoms with E-state index >= 15 is 0 Å². The number of piperidine rings is 1. The lowest BCUT2D eigenvalue weighted by atomic mass is 9.88. The maximum absolute atomic E-state index is 3.73. The van der Waals surface area contributed by atoms with Crippen molar-refractivity contribution < 1.29 is 0 Å². The van der Waals surface area contributed by atoms with E-state index in [0.717, 1.165) is 12.5 Å². The Morgan fingerprint density at radius 3 is 2.65 bits per heavy atom. The van der Waals surface area contributed by atoms with E-state index in [1.54, 1.807) is 0 Å². The molecular weight excluding hydrogens is 244 g/mol. The number of benzene rings is 1. The van der Waals surface area contributed by atoms with Crippen molar-refractivity contribution in [2.75, 3.05) is 33.2 Å². The molecule has 20 heavy (non-hydrogen) atoms. The smallest absolute Gasteiger partial charge is 0.00227 e. The standard InChI is InChI=1S/C18H30N2/c1-15(2)18(17-9-5-4-6-10-17)13-19-12-16-8-7-11-20(3)14-16/h4-6,9-10,15-16,18-19H,7-8,11-14H2,1-3H3. The van der Waals surface area contributed by atoms with Gasteiger partial charge < -0.3 is 10.2 Å². The highest BCUT2D eigenvalue weighted by Crippen LogP contribution is 2.23. The zero-order valence-corrected chi connectivity index (χ0v) is 13.3. The first-order valence-electron chi connectivity index (χ1n) is 8.11. The summed E-state index contributed by atoms with van der Waals surface area (Å²) in [4.78, 5) is 2.47. The van der Waals surface area contributed by atoms with E-state index in [2.05, 4.69) is 61.4 Å². The van der Waals surface area contributed by atoms with E-state index in [1.807, 2.05) is 0 Å². The second-order valence-electron chi connectivity index (χ2n) is 6.69. The van der Waals surface area contributed by atoms with Crippen LogP contribution in [-0.4, -0.2) is 38.1 Å². The largest absolute Gasteiger partial charge is 0.316 e. The van der Waals surface area contributed by atoms with Gasteiger partial charge in [-0.05, 0) is 56.3 Å². The monoisotopic (exact) mass is 274 g/mol. The first-order valence-corrected chi connectivity index (χ1v) is 8.11. The lowest BCUT2D eigenvalue weighted by Gasteiger charge is -2.30. The quantitative estimate of drug-likeness (QED) is 0.856. The molecule has 1 aromatic rings. The van der Waals surface area contributed by atoms with Crippen LogP contribution in [0.1, 0.15) is 38.2 Å². The van der Waals surface area contributed by atoms with Gasteiger partial charge in [0, 0.05) is 13.1 Å². The van der Waals surface area contributed by atoms with Crippen molar-refractivity contribution in [3.05, 3.63) is 35.9 Å². The van der Waals surface area contributed by atoms with E-state index in [9.17, 15) is 0 Å². The highest BCUT2D eigenvalue weighted by molar-refractivity contribution is 5.20. The Labute approximate surface area is 124 Å². The predicted molar refractivity (Wildman–Crippen MR) is 87.1 cm³/mol. The van der Waals surface area contributed by atoms with Crippen LogP contribution in [0.15, 0.2) is 30.3 Å². The number of nitrogens with one attached hydrogen (secondary N) is 1. The number of likely N-dealkylation sites (tertiary alicyclic amines) is 1. The minimum absolute atomic E-state index is 0.623. The molecule has 1 N–H and O–H groups in total. The number of nitrogens with zero attached hydrogens (tertiary/aromatic N) is 1. The molecule has 0 radical (unpaired) electrons. The van der Waals surface area contributed by atoms with Crippen LogP contribution in [0.3, 0.4) is 0 Å². The fourth-order valence-corrected chi connectivity index (χ4v) is 3.32. The average Bonchev–Trinajstić information content (AvgIpc) is 2.44. The Morgan fingerprint density at radius 2 is 2.00 bits per heavy atom. The Hall–Kier alpha value is -0.860. The van der Waals surface area contributed by atoms with Gasteiger partial charge in [0.2, 0.25) is 0 Å². The maximum atomic E-state index is 3.73. The molecule has 1 heterocycles. The van der Waals surface area contributed by atoms with Gasteiger partial charge in [-0.2, -0.15) is 0 Å². The first-order chi connectivity index (χ1) is 9.66. The van der Waals surface area contributed by atoms with Gasteiger partial charge in [-0.3, -0.25) is 0 Å². The normalized spacial score (nSPS) is 22.1. The highest BCUT2D eigenvalue weighted by Gasteiger charge is 2.19. The van der Waals surface area contributed by atoms with E-state index in [-0.39, 0.29) is 0 Å². The van der Waals surface area contributed by atoms with Crippen molar-refractivity contribution in [1.29, 1.82) is 0 Å². The SMILES string of the molecule is CC(C)C(CNCC1CCCN(C)C1)c1ccccc1. The maximum Gasteiger partial charge on any atom is 0.00227 e. The third-order valence-electron chi connectivity index (χ3n) is 4.55. The zero-order chi connectivity index (χ0) is 14.4. The van der Waals surface area contributed by atoms with Gasteiger partial charge in [-0.15, -0.1) is 0 Å². The van der Waals surface area contributed by atoms with Crippen molar-refractivity contribution in [3.63, 3.8) is 0 Å². The fourth-order valence-electron chi connectivity index (χ4n) is 3.32. The third-order valence-corrected chi connectivity index (χ3v) is 4.55. The Bertz CT molecular complexity index is 374. The van der Waals surface area contributed by atoms with Gasteiger partial charge in [-0.25, -0.2) is 0 Å². The lowest BCUT2D eigenvalue weighted by molar-refractivity contribution is 0.205. The van der Waals surface area contributed by atoms with Gasteiger partial charge in [0.05, 0.1) is 0 Å². The van der Waals surface area contributed by atoms with Crippen LogP contribution in [0, 0.1) is 11.8 Å². The second-order valence-corrected chi connectivity index (χ2v) is 6.69. The molecule has 1 saturated heterocycles. The van der Waals surface area contributed by atoms with Gasteiger partial charge in [0.1, 0.15) is 0 Å². The first kappa shape index (κ1) is 15.5. The summed E-state index contributed by atoms with van der Waals surface area (Å²) in [7, 11) is 2.24. The Balaban J connectivity index is 1.81. The van der Waals surface area contributed by atoms with Gasteiger partial charge >= 0.3 is 0 Å². The summed E-state index contributed by atoms with van der Waals surface area (Å²) < 4.78 is 0. The van der Waals surface area contributed by atoms with Crippen LogP contribution in [0.5, 0.6) is 0 Å². The molecule has 2 rings (SSSR count). The molecular formula is C18H30N2. The molecule has 1 aliphatic heterocycles. The second kappa shape index (κ2) is 7.80. The summed E-state index contributed by atoms with van der Waals surface area (Å²) in [6, 6.07) is 10.9. The summed E-state index contributed by atoms with van der Waals surface area (Å²) in [5.41, 5.74) is 1.47. The van der Waals surface area contributed by atoms with Gasteiger partial charge in [0.15, 0.2) is 0 Å². The molecule has 0 saturated carbocycles. The minimum Gasteiger partial charge on any atom is -0.316 e. The van der Waals surface area contributed by atoms with Crippen LogP contribution in [0.4, 0.5) is 0 Å². The minimum atomic E-state index is 0.623. The van der Waals surface area contributed by atoms with Crippen molar-refractivity contribution >= 4 is 0 Å². The van der Waals surface area contributed by atoms with E-state index in [0.29, 0.717) is 11.8 Å². The molecule has 112 valence electrons. The van der Waals surface area contributed by atoms with E-state index < -0.39 is 0 Å². The summed E-state index contributed by atoms with van der Waals surface area (Å²) in [5, 5.41) is 3.73. The van der Waals surface area contributed by atoms with Gasteiger partial charge in [-0.1, -0.05) is 44.2 Å². The van der Waals surface area contributed by atoms with E-state index in [4.69, 9.17) is 0 Å². The van der Waals surface area contributed by atoms with Crippen LogP contribution in [-0.2, 0) is 0 Å². The molecule has 1 aromatic carbocycles. The molecule has 2 nitrogen and oxygen atoms in total. The van der Waals surface area contributed by atoms with Crippen LogP contribution in [0.2, 0.25) is 0 Å². The molecule has 1 fully saturated rings. The van der Waals surface area contributed by atoms with Crippen molar-refractivity contribution in [2.45, 2.75) is 32.6 Å². The third kappa shape index (κ3) is 4.60. The molecule has 1 aliphatic rings. The number of hydrogen-bond acceptors (Lipinski definition) is 2. The molecule has 2 atom stereocenters. The molecule has 2 unspecified atom stereocenters. The topological polar surface area (TPSA) is 15.3 Å². The van der Waals surface area contributed by atoms with Crippen molar-refractivity contribution in [3.8, 4) is 0 Å². The van der Waals surface area contributed by atoms with Crippen LogP contribution < -0.4 is 5.32 Å². The summed E-state index contributed by atoms with van der Waals surface area (Å²) in [5.74, 6) is 2.13. The molecule has 0 spiro atoms. The number of hydrogen-bond donors (Lipinski definition) is 1. The highest BCUT2D eigenvalue weighted by atomic mass is 15.1. The predicted octanol–water partition coefficient (Wildman–Crippen LogP) is 3.36. The lowest BCUT2D eigenvalue weighted by Crippen LogP contribution is -2.38. The van der Waals surface area contributed by atoms with Crippen LogP contribution in [0.25, 0.3) is 0 Å². The average molecular weight is 274 g/mol. The molecule has 0 aliphatic carbocycles. The van der Waals surface area contributed by atoms with Gasteiger partial charge in [0.25, 0.3) is 0 Å².